The number of fused-ring (bicyclic) bond motifs is 2. The SMILES string of the molecule is C=CCNc1nc2c(s1)C[C@@H]1[C@](C)(CO)[C@H](O)CC[C@@]1(C)[C@@H]2CC(=O)NC1CCCCC1. The number of aliphatic hydroxyl groups excluding tert-OH is 2. The fourth-order valence-electron chi connectivity index (χ4n) is 6.60. The maximum Gasteiger partial charge on any atom is 0.220 e. The van der Waals surface area contributed by atoms with E-state index >= 15 is 0 Å². The number of hydrogen-bond acceptors (Lipinski definition) is 6. The third-order valence-corrected chi connectivity index (χ3v) is 9.70. The first-order valence-electron chi connectivity index (χ1n) is 12.2. The van der Waals surface area contributed by atoms with Gasteiger partial charge in [-0.3, -0.25) is 4.79 Å². The Kier molecular flexibility index (Phi) is 6.99. The molecule has 1 aromatic heterocycles. The summed E-state index contributed by atoms with van der Waals surface area (Å²) in [5.74, 6) is 0.185. The first kappa shape index (κ1) is 23.7. The van der Waals surface area contributed by atoms with Crippen molar-refractivity contribution >= 4 is 22.4 Å². The Morgan fingerprint density at radius 1 is 1.28 bits per heavy atom. The number of nitrogens with one attached hydrogen (secondary N) is 2. The van der Waals surface area contributed by atoms with Crippen molar-refractivity contribution in [2.45, 2.75) is 89.7 Å². The van der Waals surface area contributed by atoms with E-state index in [1.54, 1.807) is 11.3 Å². The van der Waals surface area contributed by atoms with Crippen LogP contribution in [0.4, 0.5) is 5.13 Å². The lowest BCUT2D eigenvalue weighted by Crippen LogP contribution is -2.57. The van der Waals surface area contributed by atoms with Crippen LogP contribution in [0.25, 0.3) is 0 Å². The van der Waals surface area contributed by atoms with Crippen LogP contribution in [0.3, 0.4) is 0 Å². The first-order chi connectivity index (χ1) is 15.3. The molecular formula is C25H39N3O3S. The fourth-order valence-corrected chi connectivity index (χ4v) is 7.68. The zero-order valence-corrected chi connectivity index (χ0v) is 20.3. The summed E-state index contributed by atoms with van der Waals surface area (Å²) in [6.45, 7) is 8.65. The quantitative estimate of drug-likeness (QED) is 0.461. The van der Waals surface area contributed by atoms with Gasteiger partial charge in [0.2, 0.25) is 5.91 Å². The van der Waals surface area contributed by atoms with Crippen molar-refractivity contribution in [3.63, 3.8) is 0 Å². The highest BCUT2D eigenvalue weighted by molar-refractivity contribution is 7.15. The largest absolute Gasteiger partial charge is 0.396 e. The number of aliphatic hydroxyl groups is 2. The zero-order valence-electron chi connectivity index (χ0n) is 19.5. The van der Waals surface area contributed by atoms with E-state index in [2.05, 4.69) is 24.1 Å². The van der Waals surface area contributed by atoms with E-state index < -0.39 is 11.5 Å². The predicted octanol–water partition coefficient (Wildman–Crippen LogP) is 4.00. The van der Waals surface area contributed by atoms with Crippen LogP contribution < -0.4 is 10.6 Å². The van der Waals surface area contributed by atoms with Gasteiger partial charge in [0.05, 0.1) is 18.4 Å². The number of anilines is 1. The van der Waals surface area contributed by atoms with Crippen molar-refractivity contribution in [3.8, 4) is 0 Å². The number of aromatic nitrogens is 1. The lowest BCUT2D eigenvalue weighted by molar-refractivity contribution is -0.144. The molecule has 7 heteroatoms. The highest BCUT2D eigenvalue weighted by Crippen LogP contribution is 2.62. The summed E-state index contributed by atoms with van der Waals surface area (Å²) < 4.78 is 0. The van der Waals surface area contributed by atoms with E-state index in [1.165, 1.54) is 24.1 Å². The van der Waals surface area contributed by atoms with Crippen LogP contribution >= 0.6 is 11.3 Å². The Morgan fingerprint density at radius 3 is 2.72 bits per heavy atom. The van der Waals surface area contributed by atoms with Gasteiger partial charge in [0.1, 0.15) is 0 Å². The van der Waals surface area contributed by atoms with Gasteiger partial charge in [-0.1, -0.05) is 39.2 Å². The van der Waals surface area contributed by atoms with Crippen molar-refractivity contribution in [1.29, 1.82) is 0 Å². The Labute approximate surface area is 195 Å². The minimum Gasteiger partial charge on any atom is -0.396 e. The normalized spacial score (nSPS) is 34.9. The van der Waals surface area contributed by atoms with Gasteiger partial charge < -0.3 is 20.8 Å². The molecule has 0 aliphatic heterocycles. The van der Waals surface area contributed by atoms with Crippen LogP contribution in [-0.2, 0) is 11.2 Å². The highest BCUT2D eigenvalue weighted by atomic mass is 32.1. The summed E-state index contributed by atoms with van der Waals surface area (Å²) in [6.07, 6.45) is 9.75. The number of rotatable bonds is 7. The fraction of sp³-hybridized carbons (Fsp3) is 0.760. The molecule has 4 rings (SSSR count). The molecule has 1 amide bonds. The second-order valence-electron chi connectivity index (χ2n) is 10.6. The minimum absolute atomic E-state index is 0.0197. The van der Waals surface area contributed by atoms with Gasteiger partial charge in [0.25, 0.3) is 0 Å². The molecule has 4 N–H and O–H groups in total. The summed E-state index contributed by atoms with van der Waals surface area (Å²) in [4.78, 5) is 19.4. The molecule has 2 saturated carbocycles. The van der Waals surface area contributed by atoms with Crippen molar-refractivity contribution < 1.29 is 15.0 Å². The molecule has 5 atom stereocenters. The maximum atomic E-state index is 13.2. The number of hydrogen-bond donors (Lipinski definition) is 4. The Bertz CT molecular complexity index is 836. The van der Waals surface area contributed by atoms with Gasteiger partial charge in [0.15, 0.2) is 5.13 Å². The predicted molar refractivity (Wildman–Crippen MR) is 129 cm³/mol. The van der Waals surface area contributed by atoms with Crippen LogP contribution in [0, 0.1) is 16.7 Å². The number of amides is 1. The van der Waals surface area contributed by atoms with Crippen LogP contribution in [0.2, 0.25) is 0 Å². The van der Waals surface area contributed by atoms with Crippen LogP contribution in [0.1, 0.15) is 81.7 Å². The highest BCUT2D eigenvalue weighted by Gasteiger charge is 2.59. The molecule has 178 valence electrons. The summed E-state index contributed by atoms with van der Waals surface area (Å²) in [7, 11) is 0. The molecule has 3 aliphatic rings. The van der Waals surface area contributed by atoms with E-state index in [9.17, 15) is 15.0 Å². The van der Waals surface area contributed by atoms with Gasteiger partial charge in [-0.25, -0.2) is 4.98 Å². The Balaban J connectivity index is 1.66. The molecule has 0 aromatic carbocycles. The lowest BCUT2D eigenvalue weighted by Gasteiger charge is -2.58. The van der Waals surface area contributed by atoms with E-state index in [4.69, 9.17) is 4.98 Å². The molecule has 0 spiro atoms. The van der Waals surface area contributed by atoms with Crippen molar-refractivity contribution in [2.24, 2.45) is 16.7 Å². The molecule has 6 nitrogen and oxygen atoms in total. The van der Waals surface area contributed by atoms with Crippen molar-refractivity contribution in [1.82, 2.24) is 10.3 Å². The van der Waals surface area contributed by atoms with Crippen molar-refractivity contribution in [3.05, 3.63) is 23.2 Å². The Morgan fingerprint density at radius 2 is 2.03 bits per heavy atom. The summed E-state index contributed by atoms with van der Waals surface area (Å²) in [5.41, 5.74) is 0.259. The topological polar surface area (TPSA) is 94.5 Å². The minimum atomic E-state index is -0.582. The molecule has 1 aromatic rings. The maximum absolute atomic E-state index is 13.2. The average Bonchev–Trinajstić information content (AvgIpc) is 3.20. The van der Waals surface area contributed by atoms with Crippen molar-refractivity contribution in [2.75, 3.05) is 18.5 Å². The van der Waals surface area contributed by atoms with Gasteiger partial charge in [-0.15, -0.1) is 17.9 Å². The van der Waals surface area contributed by atoms with E-state index in [-0.39, 0.29) is 29.8 Å². The van der Waals surface area contributed by atoms with E-state index in [0.717, 1.165) is 36.5 Å². The number of nitrogens with zero attached hydrogens (tertiary/aromatic N) is 1. The zero-order chi connectivity index (χ0) is 22.9. The summed E-state index contributed by atoms with van der Waals surface area (Å²) >= 11 is 1.64. The molecule has 0 unspecified atom stereocenters. The lowest BCUT2D eigenvalue weighted by atomic mass is 9.47. The number of thiazole rings is 1. The standard InChI is InChI=1S/C25H39N3O3S/c1-4-12-26-23-28-22-17(13-21(31)27-16-8-6-5-7-9-16)24(2)11-10-20(30)25(3,15-29)19(24)14-18(22)32-23/h4,16-17,19-20,29-30H,1,5-15H2,2-3H3,(H,26,28)(H,27,31)/t17-,19+,20-,24+,25+/m1/s1. The molecule has 0 radical (unpaired) electrons. The van der Waals surface area contributed by atoms with Crippen LogP contribution in [0.15, 0.2) is 12.7 Å². The van der Waals surface area contributed by atoms with Gasteiger partial charge in [0, 0.05) is 35.2 Å². The third kappa shape index (κ3) is 4.24. The Hall–Kier alpha value is -1.44. The third-order valence-electron chi connectivity index (χ3n) is 8.65. The van der Waals surface area contributed by atoms with Crippen LogP contribution in [-0.4, -0.2) is 46.4 Å². The second kappa shape index (κ2) is 9.43. The van der Waals surface area contributed by atoms with E-state index in [0.29, 0.717) is 25.4 Å². The molecule has 0 saturated heterocycles. The van der Waals surface area contributed by atoms with Gasteiger partial charge in [-0.05, 0) is 43.4 Å². The second-order valence-corrected chi connectivity index (χ2v) is 11.7. The molecule has 0 bridgehead atoms. The number of carbonyl (C=O) groups is 1. The molecule has 32 heavy (non-hydrogen) atoms. The van der Waals surface area contributed by atoms with Gasteiger partial charge in [-0.2, -0.15) is 0 Å². The molecule has 2 fully saturated rings. The first-order valence-corrected chi connectivity index (χ1v) is 13.1. The monoisotopic (exact) mass is 461 g/mol. The van der Waals surface area contributed by atoms with Gasteiger partial charge >= 0.3 is 0 Å². The van der Waals surface area contributed by atoms with Crippen LogP contribution in [0.5, 0.6) is 0 Å². The smallest absolute Gasteiger partial charge is 0.220 e. The van der Waals surface area contributed by atoms with E-state index in [1.807, 2.05) is 13.0 Å². The molecule has 3 aliphatic carbocycles. The summed E-state index contributed by atoms with van der Waals surface area (Å²) in [6, 6.07) is 0.291. The summed E-state index contributed by atoms with van der Waals surface area (Å²) in [5, 5.41) is 28.7. The molecular weight excluding hydrogens is 422 g/mol. The number of carbonyl (C=O) groups excluding carboxylic acids is 1. The average molecular weight is 462 g/mol. The molecule has 1 heterocycles.